The first-order valence-electron chi connectivity index (χ1n) is 4.20. The molecule has 0 bridgehead atoms. The third kappa shape index (κ3) is 0.711. The molecule has 3 nitrogen and oxygen atoms in total. The van der Waals surface area contributed by atoms with Crippen LogP contribution in [-0.4, -0.2) is 10.9 Å². The molecule has 1 amide bonds. The zero-order valence-electron chi connectivity index (χ0n) is 6.83. The number of anilines is 1. The van der Waals surface area contributed by atoms with Gasteiger partial charge < -0.3 is 0 Å². The Kier molecular flexibility index (Phi) is 1.15. The molecule has 66 valence electrons. The Balaban J connectivity index is 2.27. The molecular formula is C9H7ClN2O. The van der Waals surface area contributed by atoms with Crippen LogP contribution in [0.3, 0.4) is 0 Å². The van der Waals surface area contributed by atoms with Crippen molar-refractivity contribution in [3.8, 4) is 0 Å². The zero-order valence-corrected chi connectivity index (χ0v) is 7.58. The molecule has 1 aliphatic carbocycles. The van der Waals surface area contributed by atoms with E-state index in [2.05, 4.69) is 4.98 Å². The first kappa shape index (κ1) is 7.33. The summed E-state index contributed by atoms with van der Waals surface area (Å²) in [7, 11) is 0. The fraction of sp³-hybridized carbons (Fsp3) is 0.333. The molecule has 0 unspecified atom stereocenters. The van der Waals surface area contributed by atoms with E-state index >= 15 is 0 Å². The largest absolute Gasteiger partial charge is 0.272 e. The topological polar surface area (TPSA) is 33.2 Å². The maximum Gasteiger partial charge on any atom is 0.252 e. The van der Waals surface area contributed by atoms with E-state index in [1.54, 1.807) is 18.5 Å². The number of hydrogen-bond acceptors (Lipinski definition) is 2. The van der Waals surface area contributed by atoms with Crippen LogP contribution in [0.5, 0.6) is 0 Å². The van der Waals surface area contributed by atoms with Crippen molar-refractivity contribution in [3.05, 3.63) is 24.0 Å². The van der Waals surface area contributed by atoms with E-state index in [1.807, 2.05) is 0 Å². The highest BCUT2D eigenvalue weighted by Crippen LogP contribution is 2.57. The molecule has 2 aliphatic rings. The van der Waals surface area contributed by atoms with Crippen LogP contribution in [0, 0.1) is 0 Å². The summed E-state index contributed by atoms with van der Waals surface area (Å²) >= 11 is 5.87. The van der Waals surface area contributed by atoms with Gasteiger partial charge in [-0.25, -0.2) is 4.42 Å². The van der Waals surface area contributed by atoms with Gasteiger partial charge in [-0.05, 0) is 18.9 Å². The highest BCUT2D eigenvalue weighted by molar-refractivity contribution is 6.40. The van der Waals surface area contributed by atoms with Gasteiger partial charge in [-0.3, -0.25) is 9.78 Å². The van der Waals surface area contributed by atoms with E-state index in [9.17, 15) is 4.79 Å². The molecule has 0 saturated heterocycles. The number of fused-ring (bicyclic) bond motifs is 2. The van der Waals surface area contributed by atoms with Crippen LogP contribution in [0.25, 0.3) is 0 Å². The van der Waals surface area contributed by atoms with Crippen LogP contribution in [0.1, 0.15) is 18.4 Å². The Morgan fingerprint density at radius 3 is 3.00 bits per heavy atom. The van der Waals surface area contributed by atoms with Gasteiger partial charge in [-0.1, -0.05) is 0 Å². The van der Waals surface area contributed by atoms with Crippen molar-refractivity contribution >= 4 is 23.4 Å². The van der Waals surface area contributed by atoms with Crippen molar-refractivity contribution in [3.63, 3.8) is 0 Å². The second-order valence-corrected chi connectivity index (χ2v) is 3.90. The lowest BCUT2D eigenvalue weighted by atomic mass is 10.0. The number of rotatable bonds is 0. The Bertz CT molecular complexity index is 400. The van der Waals surface area contributed by atoms with Crippen molar-refractivity contribution in [2.75, 3.05) is 4.42 Å². The quantitative estimate of drug-likeness (QED) is 0.588. The fourth-order valence-corrected chi connectivity index (χ4v) is 2.26. The summed E-state index contributed by atoms with van der Waals surface area (Å²) in [5.41, 5.74) is 1.50. The predicted octanol–water partition coefficient (Wildman–Crippen LogP) is 1.61. The fourth-order valence-electron chi connectivity index (χ4n) is 1.95. The van der Waals surface area contributed by atoms with Gasteiger partial charge in [0.2, 0.25) is 0 Å². The molecule has 3 rings (SSSR count). The summed E-state index contributed by atoms with van der Waals surface area (Å²) in [6, 6.07) is 1.79. The van der Waals surface area contributed by atoms with Gasteiger partial charge in [-0.2, -0.15) is 0 Å². The van der Waals surface area contributed by atoms with Gasteiger partial charge in [0, 0.05) is 29.7 Å². The van der Waals surface area contributed by atoms with Crippen molar-refractivity contribution in [2.45, 2.75) is 18.3 Å². The van der Waals surface area contributed by atoms with Gasteiger partial charge in [0.1, 0.15) is 0 Å². The first-order valence-corrected chi connectivity index (χ1v) is 4.54. The standard InChI is InChI=1S/C9H7ClN2O/c10-12-7-1-4-11-5-6(7)9(2-3-9)8(12)13/h1,4-5H,2-3H2. The van der Waals surface area contributed by atoms with Crippen LogP contribution in [-0.2, 0) is 10.2 Å². The normalized spacial score (nSPS) is 22.2. The number of nitrogens with zero attached hydrogens (tertiary/aromatic N) is 2. The molecule has 13 heavy (non-hydrogen) atoms. The summed E-state index contributed by atoms with van der Waals surface area (Å²) in [5.74, 6) is 0.0113. The highest BCUT2D eigenvalue weighted by atomic mass is 35.5. The van der Waals surface area contributed by atoms with Crippen LogP contribution in [0.4, 0.5) is 5.69 Å². The molecule has 4 heteroatoms. The second kappa shape index (κ2) is 2.04. The number of aromatic nitrogens is 1. The average Bonchev–Trinajstić information content (AvgIpc) is 2.93. The van der Waals surface area contributed by atoms with Crippen LogP contribution in [0.2, 0.25) is 0 Å². The molecule has 1 aromatic rings. The van der Waals surface area contributed by atoms with E-state index in [1.165, 1.54) is 4.42 Å². The number of halogens is 1. The summed E-state index contributed by atoms with van der Waals surface area (Å²) in [6.07, 6.45) is 5.23. The number of hydrogen-bond donors (Lipinski definition) is 0. The highest BCUT2D eigenvalue weighted by Gasteiger charge is 2.59. The lowest BCUT2D eigenvalue weighted by Gasteiger charge is -2.04. The van der Waals surface area contributed by atoms with Gasteiger partial charge in [0.05, 0.1) is 11.1 Å². The van der Waals surface area contributed by atoms with E-state index in [0.29, 0.717) is 0 Å². The molecule has 1 aliphatic heterocycles. The Hall–Kier alpha value is -1.09. The predicted molar refractivity (Wildman–Crippen MR) is 48.5 cm³/mol. The zero-order chi connectivity index (χ0) is 9.05. The van der Waals surface area contributed by atoms with E-state index in [4.69, 9.17) is 11.8 Å². The minimum atomic E-state index is -0.300. The monoisotopic (exact) mass is 194 g/mol. The van der Waals surface area contributed by atoms with Crippen molar-refractivity contribution in [2.24, 2.45) is 0 Å². The number of pyridine rings is 1. The second-order valence-electron chi connectivity index (χ2n) is 3.56. The number of amides is 1. The minimum Gasteiger partial charge on any atom is -0.272 e. The summed E-state index contributed by atoms with van der Waals surface area (Å²) in [6.45, 7) is 0. The van der Waals surface area contributed by atoms with E-state index in [-0.39, 0.29) is 11.3 Å². The van der Waals surface area contributed by atoms with Crippen LogP contribution in [0.15, 0.2) is 18.5 Å². The smallest absolute Gasteiger partial charge is 0.252 e. The number of carbonyl (C=O) groups excluding carboxylic acids is 1. The molecule has 1 saturated carbocycles. The number of carbonyl (C=O) groups is 1. The third-order valence-electron chi connectivity index (χ3n) is 2.86. The Morgan fingerprint density at radius 2 is 2.31 bits per heavy atom. The van der Waals surface area contributed by atoms with E-state index < -0.39 is 0 Å². The molecule has 1 spiro atoms. The van der Waals surface area contributed by atoms with Crippen LogP contribution < -0.4 is 4.42 Å². The molecule has 0 aromatic carbocycles. The van der Waals surface area contributed by atoms with E-state index in [0.717, 1.165) is 24.1 Å². The van der Waals surface area contributed by atoms with Crippen LogP contribution >= 0.6 is 11.8 Å². The molecule has 1 fully saturated rings. The third-order valence-corrected chi connectivity index (χ3v) is 3.20. The molecule has 1 aromatic heterocycles. The van der Waals surface area contributed by atoms with Gasteiger partial charge in [0.15, 0.2) is 0 Å². The van der Waals surface area contributed by atoms with Crippen molar-refractivity contribution in [1.82, 2.24) is 4.98 Å². The molecular weight excluding hydrogens is 188 g/mol. The van der Waals surface area contributed by atoms with Crippen molar-refractivity contribution in [1.29, 1.82) is 0 Å². The SMILES string of the molecule is O=C1N(Cl)c2ccncc2C12CC2. The summed E-state index contributed by atoms with van der Waals surface area (Å²) in [5, 5.41) is 0. The average molecular weight is 195 g/mol. The molecule has 0 radical (unpaired) electrons. The maximum atomic E-state index is 11.7. The maximum absolute atomic E-state index is 11.7. The van der Waals surface area contributed by atoms with Crippen molar-refractivity contribution < 1.29 is 4.79 Å². The lowest BCUT2D eigenvalue weighted by Crippen LogP contribution is -2.23. The summed E-state index contributed by atoms with van der Waals surface area (Å²) in [4.78, 5) is 15.7. The Morgan fingerprint density at radius 1 is 1.54 bits per heavy atom. The molecule has 0 N–H and O–H groups in total. The first-order chi connectivity index (χ1) is 6.26. The minimum absolute atomic E-state index is 0.0113. The van der Waals surface area contributed by atoms with Gasteiger partial charge >= 0.3 is 0 Å². The molecule has 2 heterocycles. The summed E-state index contributed by atoms with van der Waals surface area (Å²) < 4.78 is 1.23. The lowest BCUT2D eigenvalue weighted by molar-refractivity contribution is -0.119. The van der Waals surface area contributed by atoms with Gasteiger partial charge in [-0.15, -0.1) is 0 Å². The Labute approximate surface area is 80.4 Å². The molecule has 0 atom stereocenters. The van der Waals surface area contributed by atoms with Gasteiger partial charge in [0.25, 0.3) is 5.91 Å².